The molecule has 12 heteroatoms. The summed E-state index contributed by atoms with van der Waals surface area (Å²) in [7, 11) is -4.72. The molecule has 2 aromatic carbocycles. The molecule has 7 nitrogen and oxygen atoms in total. The molecular formula is C15H11F4N5O2S. The van der Waals surface area contributed by atoms with E-state index in [1.165, 1.54) is 10.7 Å². The van der Waals surface area contributed by atoms with Crippen molar-refractivity contribution in [2.24, 2.45) is 0 Å². The summed E-state index contributed by atoms with van der Waals surface area (Å²) in [6.07, 6.45) is -4.89. The average molecular weight is 401 g/mol. The maximum atomic E-state index is 14.1. The van der Waals surface area contributed by atoms with E-state index in [1.54, 1.807) is 6.92 Å². The van der Waals surface area contributed by atoms with Gasteiger partial charge in [0.05, 0.1) is 21.8 Å². The Kier molecular flexibility index (Phi) is 4.59. The Hall–Kier alpha value is -3.02. The number of aryl methyl sites for hydroxylation is 1. The van der Waals surface area contributed by atoms with Crippen LogP contribution in [-0.4, -0.2) is 28.6 Å². The van der Waals surface area contributed by atoms with Gasteiger partial charge in [0, 0.05) is 0 Å². The zero-order valence-electron chi connectivity index (χ0n) is 13.6. The van der Waals surface area contributed by atoms with Crippen LogP contribution in [0.4, 0.5) is 23.2 Å². The molecule has 0 fully saturated rings. The van der Waals surface area contributed by atoms with E-state index in [-0.39, 0.29) is 5.69 Å². The van der Waals surface area contributed by atoms with Crippen LogP contribution in [0.3, 0.4) is 0 Å². The van der Waals surface area contributed by atoms with Gasteiger partial charge in [-0.2, -0.15) is 17.9 Å². The molecule has 0 aliphatic rings. The molecule has 0 aliphatic carbocycles. The summed E-state index contributed by atoms with van der Waals surface area (Å²) in [5.41, 5.74) is -1.68. The van der Waals surface area contributed by atoms with Crippen LogP contribution in [0, 0.1) is 12.7 Å². The molecule has 27 heavy (non-hydrogen) atoms. The third-order valence-corrected chi connectivity index (χ3v) is 4.97. The summed E-state index contributed by atoms with van der Waals surface area (Å²) < 4.78 is 81.4. The number of hydrogen-bond acceptors (Lipinski definition) is 5. The van der Waals surface area contributed by atoms with Crippen LogP contribution in [0.2, 0.25) is 0 Å². The van der Waals surface area contributed by atoms with E-state index in [4.69, 9.17) is 0 Å². The molecule has 3 aromatic rings. The summed E-state index contributed by atoms with van der Waals surface area (Å²) in [6, 6.07) is 6.94. The van der Waals surface area contributed by atoms with Crippen molar-refractivity contribution in [3.05, 3.63) is 59.7 Å². The molecule has 1 heterocycles. The summed E-state index contributed by atoms with van der Waals surface area (Å²) in [5, 5.41) is 10.7. The molecule has 0 amide bonds. The molecule has 0 spiro atoms. The Morgan fingerprint density at radius 3 is 2.44 bits per heavy atom. The molecule has 0 bridgehead atoms. The Balaban J connectivity index is 2.04. The number of alkyl halides is 3. The quantitative estimate of drug-likeness (QED) is 0.679. The third-order valence-electron chi connectivity index (χ3n) is 3.55. The highest BCUT2D eigenvalue weighted by molar-refractivity contribution is 7.92. The first kappa shape index (κ1) is 18.8. The van der Waals surface area contributed by atoms with Crippen molar-refractivity contribution in [3.63, 3.8) is 0 Å². The van der Waals surface area contributed by atoms with Crippen molar-refractivity contribution in [1.29, 1.82) is 0 Å². The fourth-order valence-electron chi connectivity index (χ4n) is 2.33. The Labute approximate surface area is 150 Å². The minimum Gasteiger partial charge on any atom is -0.277 e. The van der Waals surface area contributed by atoms with E-state index in [1.807, 2.05) is 4.72 Å². The monoisotopic (exact) mass is 401 g/mol. The molecule has 1 N–H and O–H groups in total. The topological polar surface area (TPSA) is 89.8 Å². The summed E-state index contributed by atoms with van der Waals surface area (Å²) in [4.78, 5) is -1.01. The van der Waals surface area contributed by atoms with E-state index >= 15 is 0 Å². The number of sulfonamides is 1. The van der Waals surface area contributed by atoms with E-state index in [9.17, 15) is 26.0 Å². The van der Waals surface area contributed by atoms with Crippen molar-refractivity contribution in [1.82, 2.24) is 20.2 Å². The minimum atomic E-state index is -4.89. The van der Waals surface area contributed by atoms with Crippen LogP contribution < -0.4 is 4.72 Å². The molecule has 0 unspecified atom stereocenters. The van der Waals surface area contributed by atoms with Gasteiger partial charge in [0.1, 0.15) is 5.82 Å². The van der Waals surface area contributed by atoms with Crippen molar-refractivity contribution >= 4 is 15.7 Å². The van der Waals surface area contributed by atoms with Gasteiger partial charge in [0.15, 0.2) is 5.82 Å². The predicted molar refractivity (Wildman–Crippen MR) is 86.1 cm³/mol. The van der Waals surface area contributed by atoms with Gasteiger partial charge in [-0.25, -0.2) is 12.8 Å². The van der Waals surface area contributed by atoms with E-state index in [0.29, 0.717) is 11.9 Å². The van der Waals surface area contributed by atoms with Crippen LogP contribution in [0.15, 0.2) is 47.4 Å². The van der Waals surface area contributed by atoms with Crippen LogP contribution >= 0.6 is 0 Å². The number of anilines is 1. The maximum absolute atomic E-state index is 14.1. The number of aromatic nitrogens is 4. The first-order valence-corrected chi connectivity index (χ1v) is 8.82. The molecule has 1 aromatic heterocycles. The number of rotatable bonds is 4. The van der Waals surface area contributed by atoms with Gasteiger partial charge in [-0.3, -0.25) is 4.72 Å². The van der Waals surface area contributed by atoms with Crippen LogP contribution in [-0.2, 0) is 16.2 Å². The van der Waals surface area contributed by atoms with Gasteiger partial charge >= 0.3 is 6.18 Å². The number of halogens is 4. The summed E-state index contributed by atoms with van der Waals surface area (Å²) in [6.45, 7) is 1.56. The molecule has 0 radical (unpaired) electrons. The molecule has 0 saturated heterocycles. The third kappa shape index (κ3) is 3.74. The highest BCUT2D eigenvalue weighted by atomic mass is 32.2. The lowest BCUT2D eigenvalue weighted by molar-refractivity contribution is -0.139. The van der Waals surface area contributed by atoms with Crippen LogP contribution in [0.25, 0.3) is 5.69 Å². The molecule has 0 atom stereocenters. The molecule has 3 rings (SSSR count). The second kappa shape index (κ2) is 6.61. The first-order chi connectivity index (χ1) is 12.6. The first-order valence-electron chi connectivity index (χ1n) is 7.33. The van der Waals surface area contributed by atoms with Gasteiger partial charge in [0.25, 0.3) is 10.0 Å². The number of nitrogens with zero attached hydrogens (tertiary/aromatic N) is 4. The van der Waals surface area contributed by atoms with Crippen LogP contribution in [0.1, 0.15) is 11.4 Å². The zero-order chi connectivity index (χ0) is 19.8. The maximum Gasteiger partial charge on any atom is 0.417 e. The van der Waals surface area contributed by atoms with E-state index in [2.05, 4.69) is 15.5 Å². The van der Waals surface area contributed by atoms with E-state index < -0.39 is 38.2 Å². The Morgan fingerprint density at radius 1 is 1.11 bits per heavy atom. The van der Waals surface area contributed by atoms with Gasteiger partial charge < -0.3 is 0 Å². The highest BCUT2D eigenvalue weighted by Gasteiger charge is 2.37. The standard InChI is InChI=1S/C15H11F4N5O2S/c1-9-20-22-23-24(9)10-6-7-12(16)13(8-10)21-27(25,26)14-5-3-2-4-11(14)15(17,18)19/h2-8,21H,1H3. The number of nitrogens with one attached hydrogen (secondary N) is 1. The smallest absolute Gasteiger partial charge is 0.277 e. The fourth-order valence-corrected chi connectivity index (χ4v) is 3.62. The largest absolute Gasteiger partial charge is 0.417 e. The number of hydrogen-bond donors (Lipinski definition) is 1. The second-order valence-corrected chi connectivity index (χ2v) is 7.05. The lowest BCUT2D eigenvalue weighted by Crippen LogP contribution is -2.19. The predicted octanol–water partition coefficient (Wildman–Crippen LogP) is 2.93. The van der Waals surface area contributed by atoms with Gasteiger partial charge in [-0.05, 0) is 47.7 Å². The summed E-state index contributed by atoms with van der Waals surface area (Å²) in [5.74, 6) is -0.629. The number of benzene rings is 2. The van der Waals surface area contributed by atoms with Crippen LogP contribution in [0.5, 0.6) is 0 Å². The fraction of sp³-hybridized carbons (Fsp3) is 0.133. The Morgan fingerprint density at radius 2 is 1.81 bits per heavy atom. The van der Waals surface area contributed by atoms with Crippen molar-refractivity contribution in [3.8, 4) is 5.69 Å². The van der Waals surface area contributed by atoms with Crippen molar-refractivity contribution < 1.29 is 26.0 Å². The molecule has 0 aliphatic heterocycles. The van der Waals surface area contributed by atoms with Gasteiger partial charge in [0.2, 0.25) is 0 Å². The zero-order valence-corrected chi connectivity index (χ0v) is 14.4. The van der Waals surface area contributed by atoms with Gasteiger partial charge in [-0.15, -0.1) is 5.10 Å². The minimum absolute atomic E-state index is 0.223. The molecular weight excluding hydrogens is 390 g/mol. The normalized spacial score (nSPS) is 12.2. The average Bonchev–Trinajstić information content (AvgIpc) is 3.02. The molecule has 0 saturated carbocycles. The Bertz CT molecular complexity index is 1100. The van der Waals surface area contributed by atoms with Gasteiger partial charge in [-0.1, -0.05) is 12.1 Å². The van der Waals surface area contributed by atoms with Crippen molar-refractivity contribution in [2.75, 3.05) is 4.72 Å². The SMILES string of the molecule is Cc1nnnn1-c1ccc(F)c(NS(=O)(=O)c2ccccc2C(F)(F)F)c1. The number of tetrazole rings is 1. The second-order valence-electron chi connectivity index (χ2n) is 5.40. The molecule has 142 valence electrons. The highest BCUT2D eigenvalue weighted by Crippen LogP contribution is 2.35. The van der Waals surface area contributed by atoms with Crippen molar-refractivity contribution in [2.45, 2.75) is 18.0 Å². The lowest BCUT2D eigenvalue weighted by atomic mass is 10.2. The lowest BCUT2D eigenvalue weighted by Gasteiger charge is -2.15. The van der Waals surface area contributed by atoms with E-state index in [0.717, 1.165) is 30.3 Å². The summed E-state index contributed by atoms with van der Waals surface area (Å²) >= 11 is 0.